The van der Waals surface area contributed by atoms with Gasteiger partial charge in [0.1, 0.15) is 5.76 Å². The molecule has 5 heteroatoms. The highest BCUT2D eigenvalue weighted by molar-refractivity contribution is 9.10. The number of nitrogens with one attached hydrogen (secondary N) is 1. The Morgan fingerprint density at radius 1 is 1.05 bits per heavy atom. The van der Waals surface area contributed by atoms with Crippen molar-refractivity contribution in [2.45, 2.75) is 6.92 Å². The number of hydrogen-bond acceptors (Lipinski definition) is 3. The van der Waals surface area contributed by atoms with Crippen LogP contribution in [-0.2, 0) is 9.59 Å². The van der Waals surface area contributed by atoms with Crippen molar-refractivity contribution >= 4 is 39.1 Å². The zero-order chi connectivity index (χ0) is 16.1. The molecule has 0 radical (unpaired) electrons. The van der Waals surface area contributed by atoms with E-state index in [1.54, 1.807) is 36.4 Å². The first-order chi connectivity index (χ1) is 10.5. The highest BCUT2D eigenvalue weighted by atomic mass is 79.9. The SMILES string of the molecule is Cc1ccc(NC(=O)C(=O)/C=C(\O)c2ccc(Br)cc2)cc1. The lowest BCUT2D eigenvalue weighted by Crippen LogP contribution is -2.21. The Morgan fingerprint density at radius 3 is 2.23 bits per heavy atom. The maximum Gasteiger partial charge on any atom is 0.296 e. The van der Waals surface area contributed by atoms with Gasteiger partial charge in [-0.05, 0) is 31.2 Å². The molecule has 0 unspecified atom stereocenters. The lowest BCUT2D eigenvalue weighted by Gasteiger charge is -2.04. The van der Waals surface area contributed by atoms with E-state index in [2.05, 4.69) is 21.2 Å². The number of aliphatic hydroxyl groups is 1. The van der Waals surface area contributed by atoms with E-state index in [4.69, 9.17) is 0 Å². The van der Waals surface area contributed by atoms with E-state index < -0.39 is 11.7 Å². The van der Waals surface area contributed by atoms with E-state index in [1.807, 2.05) is 19.1 Å². The molecule has 0 heterocycles. The Kier molecular flexibility index (Phi) is 5.12. The van der Waals surface area contributed by atoms with Crippen molar-refractivity contribution in [3.8, 4) is 0 Å². The van der Waals surface area contributed by atoms with Gasteiger partial charge in [0, 0.05) is 21.8 Å². The number of benzene rings is 2. The van der Waals surface area contributed by atoms with Gasteiger partial charge in [0.2, 0.25) is 5.78 Å². The van der Waals surface area contributed by atoms with Gasteiger partial charge < -0.3 is 10.4 Å². The van der Waals surface area contributed by atoms with Gasteiger partial charge in [0.15, 0.2) is 0 Å². The van der Waals surface area contributed by atoms with E-state index in [0.29, 0.717) is 11.3 Å². The van der Waals surface area contributed by atoms with Crippen LogP contribution in [0.2, 0.25) is 0 Å². The van der Waals surface area contributed by atoms with Crippen molar-refractivity contribution in [2.75, 3.05) is 5.32 Å². The van der Waals surface area contributed by atoms with E-state index in [1.165, 1.54) is 0 Å². The van der Waals surface area contributed by atoms with Gasteiger partial charge in [-0.1, -0.05) is 45.8 Å². The lowest BCUT2D eigenvalue weighted by molar-refractivity contribution is -0.131. The number of rotatable bonds is 4. The average Bonchev–Trinajstić information content (AvgIpc) is 2.50. The van der Waals surface area contributed by atoms with Crippen LogP contribution < -0.4 is 5.32 Å². The second kappa shape index (κ2) is 7.04. The fourth-order valence-electron chi connectivity index (χ4n) is 1.72. The molecule has 2 aromatic rings. The minimum Gasteiger partial charge on any atom is -0.507 e. The largest absolute Gasteiger partial charge is 0.507 e. The fraction of sp³-hybridized carbons (Fsp3) is 0.0588. The molecule has 0 aromatic heterocycles. The van der Waals surface area contributed by atoms with Crippen LogP contribution in [0.4, 0.5) is 5.69 Å². The number of ketones is 1. The van der Waals surface area contributed by atoms with Crippen LogP contribution in [0.1, 0.15) is 11.1 Å². The molecule has 2 rings (SSSR count). The summed E-state index contributed by atoms with van der Waals surface area (Å²) in [5, 5.41) is 12.4. The van der Waals surface area contributed by atoms with Crippen LogP contribution >= 0.6 is 15.9 Å². The number of anilines is 1. The zero-order valence-electron chi connectivity index (χ0n) is 11.8. The van der Waals surface area contributed by atoms with Crippen LogP contribution in [0.5, 0.6) is 0 Å². The molecular weight excluding hydrogens is 346 g/mol. The predicted molar refractivity (Wildman–Crippen MR) is 89.6 cm³/mol. The number of aryl methyl sites for hydroxylation is 1. The molecule has 0 bridgehead atoms. The molecule has 2 N–H and O–H groups in total. The molecule has 0 aliphatic rings. The van der Waals surface area contributed by atoms with Crippen molar-refractivity contribution in [1.29, 1.82) is 0 Å². The summed E-state index contributed by atoms with van der Waals surface area (Å²) in [6, 6.07) is 13.8. The Balaban J connectivity index is 2.07. The number of carbonyl (C=O) groups is 2. The Labute approximate surface area is 136 Å². The highest BCUT2D eigenvalue weighted by Gasteiger charge is 2.13. The molecule has 2 aromatic carbocycles. The first-order valence-corrected chi connectivity index (χ1v) is 7.33. The maximum absolute atomic E-state index is 11.8. The lowest BCUT2D eigenvalue weighted by atomic mass is 10.1. The third-order valence-electron chi connectivity index (χ3n) is 2.94. The van der Waals surface area contributed by atoms with Crippen LogP contribution in [-0.4, -0.2) is 16.8 Å². The molecule has 0 saturated heterocycles. The first-order valence-electron chi connectivity index (χ1n) is 6.54. The van der Waals surface area contributed by atoms with E-state index >= 15 is 0 Å². The number of aliphatic hydroxyl groups excluding tert-OH is 1. The summed E-state index contributed by atoms with van der Waals surface area (Å²) in [4.78, 5) is 23.6. The van der Waals surface area contributed by atoms with Crippen molar-refractivity contribution in [3.05, 3.63) is 70.2 Å². The number of hydrogen-bond donors (Lipinski definition) is 2. The first kappa shape index (κ1) is 16.0. The van der Waals surface area contributed by atoms with E-state index in [-0.39, 0.29) is 5.76 Å². The van der Waals surface area contributed by atoms with Gasteiger partial charge in [-0.2, -0.15) is 0 Å². The number of carbonyl (C=O) groups excluding carboxylic acids is 2. The van der Waals surface area contributed by atoms with Crippen molar-refractivity contribution in [2.24, 2.45) is 0 Å². The standard InChI is InChI=1S/C17H14BrNO3/c1-11-2-8-14(9-3-11)19-17(22)16(21)10-15(20)12-4-6-13(18)7-5-12/h2-10,20H,1H3,(H,19,22)/b15-10-. The van der Waals surface area contributed by atoms with Gasteiger partial charge in [-0.15, -0.1) is 0 Å². The molecule has 0 saturated carbocycles. The van der Waals surface area contributed by atoms with Gasteiger partial charge in [0.05, 0.1) is 0 Å². The minimum atomic E-state index is -0.819. The number of amides is 1. The summed E-state index contributed by atoms with van der Waals surface area (Å²) >= 11 is 3.28. The predicted octanol–water partition coefficient (Wildman–Crippen LogP) is 3.86. The van der Waals surface area contributed by atoms with Gasteiger partial charge in [-0.25, -0.2) is 0 Å². The maximum atomic E-state index is 11.8. The molecule has 0 spiro atoms. The average molecular weight is 360 g/mol. The monoisotopic (exact) mass is 359 g/mol. The molecule has 0 atom stereocenters. The Bertz CT molecular complexity index is 719. The fourth-order valence-corrected chi connectivity index (χ4v) is 1.99. The zero-order valence-corrected chi connectivity index (χ0v) is 13.4. The third kappa shape index (κ3) is 4.30. The molecule has 0 fully saturated rings. The van der Waals surface area contributed by atoms with Gasteiger partial charge >= 0.3 is 0 Å². The van der Waals surface area contributed by atoms with E-state index in [9.17, 15) is 14.7 Å². The van der Waals surface area contributed by atoms with Crippen LogP contribution in [0.3, 0.4) is 0 Å². The highest BCUT2D eigenvalue weighted by Crippen LogP contribution is 2.16. The van der Waals surface area contributed by atoms with Crippen LogP contribution in [0, 0.1) is 6.92 Å². The Morgan fingerprint density at radius 2 is 1.64 bits per heavy atom. The van der Waals surface area contributed by atoms with Crippen LogP contribution in [0.15, 0.2) is 59.1 Å². The summed E-state index contributed by atoms with van der Waals surface area (Å²) in [5.41, 5.74) is 2.04. The molecule has 4 nitrogen and oxygen atoms in total. The van der Waals surface area contributed by atoms with Crippen LogP contribution in [0.25, 0.3) is 5.76 Å². The van der Waals surface area contributed by atoms with Crippen molar-refractivity contribution < 1.29 is 14.7 Å². The quantitative estimate of drug-likeness (QED) is 0.494. The van der Waals surface area contributed by atoms with E-state index in [0.717, 1.165) is 16.1 Å². The summed E-state index contributed by atoms with van der Waals surface area (Å²) in [7, 11) is 0. The second-order valence-corrected chi connectivity index (χ2v) is 5.64. The summed E-state index contributed by atoms with van der Waals surface area (Å²) in [6.07, 6.45) is 0.909. The second-order valence-electron chi connectivity index (χ2n) is 4.72. The topological polar surface area (TPSA) is 66.4 Å². The molecule has 112 valence electrons. The minimum absolute atomic E-state index is 0.253. The van der Waals surface area contributed by atoms with Gasteiger partial charge in [-0.3, -0.25) is 9.59 Å². The smallest absolute Gasteiger partial charge is 0.296 e. The van der Waals surface area contributed by atoms with Crippen molar-refractivity contribution in [1.82, 2.24) is 0 Å². The van der Waals surface area contributed by atoms with Gasteiger partial charge in [0.25, 0.3) is 5.91 Å². The molecule has 1 amide bonds. The molecule has 22 heavy (non-hydrogen) atoms. The number of halogens is 1. The summed E-state index contributed by atoms with van der Waals surface area (Å²) in [6.45, 7) is 1.93. The molecule has 0 aliphatic carbocycles. The van der Waals surface area contributed by atoms with Crippen molar-refractivity contribution in [3.63, 3.8) is 0 Å². The Hall–Kier alpha value is -2.40. The molecule has 0 aliphatic heterocycles. The summed E-state index contributed by atoms with van der Waals surface area (Å²) < 4.78 is 0.854. The third-order valence-corrected chi connectivity index (χ3v) is 3.47. The summed E-state index contributed by atoms with van der Waals surface area (Å²) in [5.74, 6) is -1.87. The molecular formula is C17H14BrNO3. The normalized spacial score (nSPS) is 11.1.